The van der Waals surface area contributed by atoms with Crippen LogP contribution in [0.5, 0.6) is 0 Å². The Morgan fingerprint density at radius 3 is 2.00 bits per heavy atom. The summed E-state index contributed by atoms with van der Waals surface area (Å²) in [4.78, 5) is 72.5. The van der Waals surface area contributed by atoms with E-state index in [0.717, 1.165) is 83.8 Å². The van der Waals surface area contributed by atoms with Gasteiger partial charge in [0.2, 0.25) is 17.6 Å². The van der Waals surface area contributed by atoms with Gasteiger partial charge in [-0.25, -0.2) is 4.79 Å². The number of amides is 5. The van der Waals surface area contributed by atoms with Crippen LogP contribution in [0.3, 0.4) is 0 Å². The number of nitrogens with zero attached hydrogens (tertiary/aromatic N) is 2. The first kappa shape index (κ1) is 39.9. The van der Waals surface area contributed by atoms with Gasteiger partial charge in [-0.3, -0.25) is 24.1 Å². The Balaban J connectivity index is 1.22. The van der Waals surface area contributed by atoms with Crippen molar-refractivity contribution in [1.29, 1.82) is 0 Å². The fraction of sp³-hybridized carbons (Fsp3) is 0.878. The zero-order chi connectivity index (χ0) is 38.5. The van der Waals surface area contributed by atoms with Gasteiger partial charge in [-0.1, -0.05) is 79.6 Å². The van der Waals surface area contributed by atoms with Gasteiger partial charge in [0.15, 0.2) is 0 Å². The van der Waals surface area contributed by atoms with Crippen LogP contribution in [0, 0.1) is 33.5 Å². The number of hydrogen-bond acceptors (Lipinski definition) is 7. The van der Waals surface area contributed by atoms with Crippen LogP contribution in [0.1, 0.15) is 132 Å². The van der Waals surface area contributed by atoms with E-state index in [9.17, 15) is 24.0 Å². The van der Waals surface area contributed by atoms with E-state index in [1.165, 1.54) is 6.42 Å². The Kier molecular flexibility index (Phi) is 11.4. The highest BCUT2D eigenvalue weighted by Gasteiger charge is 2.85. The van der Waals surface area contributed by atoms with Crippen LogP contribution >= 0.6 is 0 Å². The van der Waals surface area contributed by atoms with Crippen molar-refractivity contribution in [3.05, 3.63) is 0 Å². The molecule has 5 N–H and O–H groups in total. The van der Waals surface area contributed by atoms with Crippen molar-refractivity contribution in [3.63, 3.8) is 0 Å². The smallest absolute Gasteiger partial charge is 0.315 e. The standard InChI is InChI=1S/C41H68N6O6/c1-25-21-46(22-26(2)53-25)23-30(28-15-9-8-10-16-28)44-37(52)45-33(38(3,4)5)36(51)47-24-41(39(6,7)40(41)17-12-18-40)20-31(47)35(50)43-29(32(48)34(42)49)19-27-13-11-14-27/h25-31,33H,8-24H2,1-7H3,(H2,42,49)(H,43,50)(H2,44,45,52)/t25-,26+,29?,30-,31+,33-,41-/m1/s1. The predicted molar refractivity (Wildman–Crippen MR) is 202 cm³/mol. The van der Waals surface area contributed by atoms with Crippen LogP contribution in [-0.4, -0.2) is 102 Å². The molecule has 0 aromatic rings. The monoisotopic (exact) mass is 741 g/mol. The topological polar surface area (TPSA) is 163 Å². The Hall–Kier alpha value is -2.73. The van der Waals surface area contributed by atoms with Gasteiger partial charge in [0.05, 0.1) is 18.2 Å². The molecule has 1 unspecified atom stereocenters. The number of morpholine rings is 1. The van der Waals surface area contributed by atoms with Crippen LogP contribution in [-0.2, 0) is 23.9 Å². The summed E-state index contributed by atoms with van der Waals surface area (Å²) in [6.07, 6.45) is 12.9. The number of nitrogens with one attached hydrogen (secondary N) is 3. The third kappa shape index (κ3) is 7.61. The summed E-state index contributed by atoms with van der Waals surface area (Å²) in [5.74, 6) is -1.97. The van der Waals surface area contributed by atoms with Crippen LogP contribution < -0.4 is 21.7 Å². The Bertz CT molecular complexity index is 1400. The SMILES string of the molecule is C[C@@H]1CN(C[C@@H](NC(=O)N[C@H](C(=O)N2C[C@]3(C[C@H]2C(=O)NC(CC2CCC2)C(=O)C(N)=O)C(C)(C)C32CCC2)C(C)(C)C)C2CCCCC2)C[C@H](C)O1. The zero-order valence-electron chi connectivity index (χ0n) is 33.6. The first-order chi connectivity index (χ1) is 24.9. The average molecular weight is 741 g/mol. The van der Waals surface area contributed by atoms with E-state index in [1.807, 2.05) is 20.8 Å². The molecular weight excluding hydrogens is 672 g/mol. The van der Waals surface area contributed by atoms with E-state index in [2.05, 4.69) is 48.5 Å². The van der Waals surface area contributed by atoms with Crippen molar-refractivity contribution >= 4 is 29.5 Å². The van der Waals surface area contributed by atoms with E-state index in [1.54, 1.807) is 4.90 Å². The molecular formula is C41H68N6O6. The van der Waals surface area contributed by atoms with Gasteiger partial charge in [-0.15, -0.1) is 0 Å². The van der Waals surface area contributed by atoms with E-state index in [4.69, 9.17) is 10.5 Å². The number of primary amides is 1. The van der Waals surface area contributed by atoms with Crippen molar-refractivity contribution in [2.75, 3.05) is 26.2 Å². The normalized spacial score (nSPS) is 31.5. The maximum Gasteiger partial charge on any atom is 0.315 e. The number of carbonyl (C=O) groups is 5. The molecule has 2 saturated heterocycles. The lowest BCUT2D eigenvalue weighted by Crippen LogP contribution is -2.62. The summed E-state index contributed by atoms with van der Waals surface area (Å²) in [6, 6.07) is -3.19. The first-order valence-electron chi connectivity index (χ1n) is 20.8. The maximum absolute atomic E-state index is 15.0. The van der Waals surface area contributed by atoms with Crippen LogP contribution in [0.4, 0.5) is 4.79 Å². The lowest BCUT2D eigenvalue weighted by molar-refractivity contribution is -0.143. The minimum atomic E-state index is -1.06. The molecule has 0 aromatic carbocycles. The lowest BCUT2D eigenvalue weighted by atomic mass is 9.73. The molecule has 6 fully saturated rings. The largest absolute Gasteiger partial charge is 0.373 e. The number of ketones is 1. The second-order valence-electron chi connectivity index (χ2n) is 19.5. The molecule has 2 aliphatic heterocycles. The van der Waals surface area contributed by atoms with Gasteiger partial charge >= 0.3 is 6.03 Å². The number of Topliss-reactive ketones (excluding diaryl/α,β-unsaturated/α-hetero) is 1. The highest BCUT2D eigenvalue weighted by Crippen LogP contribution is 2.88. The van der Waals surface area contributed by atoms with Crippen molar-refractivity contribution < 1.29 is 28.7 Å². The quantitative estimate of drug-likeness (QED) is 0.217. The summed E-state index contributed by atoms with van der Waals surface area (Å²) in [5, 5.41) is 9.36. The molecule has 12 heteroatoms. The van der Waals surface area contributed by atoms with Crippen molar-refractivity contribution in [2.45, 2.75) is 168 Å². The van der Waals surface area contributed by atoms with Gasteiger partial charge in [0.1, 0.15) is 12.1 Å². The average Bonchev–Trinajstić information content (AvgIpc) is 3.25. The molecule has 0 aromatic heterocycles. The molecule has 2 spiro atoms. The fourth-order valence-electron chi connectivity index (χ4n) is 11.5. The zero-order valence-corrected chi connectivity index (χ0v) is 33.6. The van der Waals surface area contributed by atoms with Crippen molar-refractivity contribution in [3.8, 4) is 0 Å². The van der Waals surface area contributed by atoms with Crippen LogP contribution in [0.2, 0.25) is 0 Å². The molecule has 4 aliphatic carbocycles. The molecule has 4 saturated carbocycles. The van der Waals surface area contributed by atoms with E-state index < -0.39 is 41.1 Å². The van der Waals surface area contributed by atoms with E-state index in [0.29, 0.717) is 25.3 Å². The number of rotatable bonds is 12. The summed E-state index contributed by atoms with van der Waals surface area (Å²) >= 11 is 0. The molecule has 6 aliphatic rings. The second kappa shape index (κ2) is 15.1. The number of carbonyl (C=O) groups excluding carboxylic acids is 5. The van der Waals surface area contributed by atoms with Gasteiger partial charge < -0.3 is 31.3 Å². The van der Waals surface area contributed by atoms with Gasteiger partial charge in [-0.2, -0.15) is 0 Å². The Morgan fingerprint density at radius 1 is 0.849 bits per heavy atom. The summed E-state index contributed by atoms with van der Waals surface area (Å²) in [6.45, 7) is 17.3. The van der Waals surface area contributed by atoms with E-state index >= 15 is 0 Å². The number of ether oxygens (including phenoxy) is 1. The molecule has 0 radical (unpaired) electrons. The molecule has 7 atom stereocenters. The minimum absolute atomic E-state index is 0.0612. The lowest BCUT2D eigenvalue weighted by Gasteiger charge is -2.40. The predicted octanol–water partition coefficient (Wildman–Crippen LogP) is 4.29. The summed E-state index contributed by atoms with van der Waals surface area (Å²) < 4.78 is 5.99. The van der Waals surface area contributed by atoms with Crippen molar-refractivity contribution in [2.24, 2.45) is 39.2 Å². The number of urea groups is 1. The van der Waals surface area contributed by atoms with Gasteiger partial charge in [-0.05, 0) is 80.5 Å². The van der Waals surface area contributed by atoms with Crippen LogP contribution in [0.15, 0.2) is 0 Å². The summed E-state index contributed by atoms with van der Waals surface area (Å²) in [7, 11) is 0. The number of hydrogen-bond donors (Lipinski definition) is 4. The van der Waals surface area contributed by atoms with Crippen molar-refractivity contribution in [1.82, 2.24) is 25.8 Å². The highest BCUT2D eigenvalue weighted by atomic mass is 16.5. The Labute approximate surface area is 317 Å². The molecule has 5 amide bonds. The van der Waals surface area contributed by atoms with Gasteiger partial charge in [0.25, 0.3) is 5.91 Å². The number of nitrogens with two attached hydrogens (primary N) is 1. The number of likely N-dealkylation sites (tertiary alicyclic amines) is 1. The van der Waals surface area contributed by atoms with Crippen LogP contribution in [0.25, 0.3) is 0 Å². The Morgan fingerprint density at radius 2 is 1.49 bits per heavy atom. The summed E-state index contributed by atoms with van der Waals surface area (Å²) in [5.41, 5.74) is 4.54. The number of fused-ring (bicyclic) bond motifs is 1. The molecule has 2 heterocycles. The maximum atomic E-state index is 15.0. The molecule has 53 heavy (non-hydrogen) atoms. The third-order valence-electron chi connectivity index (χ3n) is 14.9. The third-order valence-corrected chi connectivity index (χ3v) is 14.9. The second-order valence-corrected chi connectivity index (χ2v) is 19.5. The molecule has 6 rings (SSSR count). The molecule has 0 bridgehead atoms. The highest BCUT2D eigenvalue weighted by molar-refractivity contribution is 6.37. The minimum Gasteiger partial charge on any atom is -0.373 e. The van der Waals surface area contributed by atoms with E-state index in [-0.39, 0.29) is 52.4 Å². The van der Waals surface area contributed by atoms with Gasteiger partial charge in [0, 0.05) is 37.6 Å². The molecule has 298 valence electrons. The first-order valence-corrected chi connectivity index (χ1v) is 20.8. The molecule has 12 nitrogen and oxygen atoms in total. The fourth-order valence-corrected chi connectivity index (χ4v) is 11.5.